The zero-order chi connectivity index (χ0) is 14.4. The molecule has 104 valence electrons. The van der Waals surface area contributed by atoms with Crippen molar-refractivity contribution in [2.24, 2.45) is 0 Å². The summed E-state index contributed by atoms with van der Waals surface area (Å²) in [5.41, 5.74) is -0.180. The number of hydrogen-bond acceptors (Lipinski definition) is 3. The molecule has 0 radical (unpaired) electrons. The second kappa shape index (κ2) is 7.45. The normalized spacial score (nSPS) is 10.3. The maximum absolute atomic E-state index is 12.3. The van der Waals surface area contributed by atoms with Crippen LogP contribution in [0.1, 0.15) is 23.7 Å². The fourth-order valence-corrected chi connectivity index (χ4v) is 2.09. The molecule has 0 atom stereocenters. The fraction of sp³-hybridized carbons (Fsp3) is 0.417. The van der Waals surface area contributed by atoms with Gasteiger partial charge in [-0.25, -0.2) is 0 Å². The molecule has 0 fully saturated rings. The molecule has 0 aliphatic carbocycles. The average molecular weight is 350 g/mol. The van der Waals surface area contributed by atoms with Gasteiger partial charge in [0.25, 0.3) is 11.6 Å². The predicted molar refractivity (Wildman–Crippen MR) is 78.1 cm³/mol. The van der Waals surface area contributed by atoms with Gasteiger partial charge in [-0.3, -0.25) is 14.9 Å². The Balaban J connectivity index is 3.09. The van der Waals surface area contributed by atoms with Crippen molar-refractivity contribution >= 4 is 39.1 Å². The molecular weight excluding hydrogens is 336 g/mol. The zero-order valence-corrected chi connectivity index (χ0v) is 12.8. The first kappa shape index (κ1) is 15.9. The number of nitrogens with zero attached hydrogens (tertiary/aromatic N) is 2. The van der Waals surface area contributed by atoms with Crippen LogP contribution in [0.2, 0.25) is 5.02 Å². The van der Waals surface area contributed by atoms with Gasteiger partial charge in [-0.05, 0) is 25.5 Å². The molecule has 0 aliphatic rings. The summed E-state index contributed by atoms with van der Waals surface area (Å²) in [6, 6.07) is 4.01. The summed E-state index contributed by atoms with van der Waals surface area (Å²) in [5.74, 6) is -0.363. The van der Waals surface area contributed by atoms with E-state index in [0.29, 0.717) is 18.1 Å². The van der Waals surface area contributed by atoms with E-state index in [4.69, 9.17) is 11.6 Å². The van der Waals surface area contributed by atoms with Crippen LogP contribution in [0.15, 0.2) is 18.2 Å². The molecule has 0 unspecified atom stereocenters. The van der Waals surface area contributed by atoms with Crippen LogP contribution in [0, 0.1) is 10.1 Å². The lowest BCUT2D eigenvalue weighted by Gasteiger charge is -2.20. The van der Waals surface area contributed by atoms with Gasteiger partial charge >= 0.3 is 0 Å². The number of carbonyl (C=O) groups is 1. The summed E-state index contributed by atoms with van der Waals surface area (Å²) in [6.07, 6.45) is 0.786. The van der Waals surface area contributed by atoms with Crippen LogP contribution in [0.5, 0.6) is 0 Å². The Hall–Kier alpha value is -1.14. The van der Waals surface area contributed by atoms with E-state index < -0.39 is 4.92 Å². The number of alkyl halides is 1. The number of carbonyl (C=O) groups excluding carboxylic acids is 1. The van der Waals surface area contributed by atoms with E-state index in [-0.39, 0.29) is 17.2 Å². The van der Waals surface area contributed by atoms with Gasteiger partial charge in [0.1, 0.15) is 5.56 Å². The largest absolute Gasteiger partial charge is 0.339 e. The third-order valence-corrected chi connectivity index (χ3v) is 3.41. The molecule has 1 aromatic rings. The molecule has 7 heteroatoms. The summed E-state index contributed by atoms with van der Waals surface area (Å²) in [7, 11) is 0. The highest BCUT2D eigenvalue weighted by Gasteiger charge is 2.24. The number of nitro groups is 1. The molecule has 0 aliphatic heterocycles. The lowest BCUT2D eigenvalue weighted by atomic mass is 10.1. The highest BCUT2D eigenvalue weighted by molar-refractivity contribution is 9.09. The van der Waals surface area contributed by atoms with E-state index in [1.165, 1.54) is 18.2 Å². The first-order valence-corrected chi connectivity index (χ1v) is 7.30. The number of hydrogen-bond donors (Lipinski definition) is 0. The number of rotatable bonds is 6. The summed E-state index contributed by atoms with van der Waals surface area (Å²) in [5, 5.41) is 12.0. The molecule has 19 heavy (non-hydrogen) atoms. The topological polar surface area (TPSA) is 63.5 Å². The highest BCUT2D eigenvalue weighted by Crippen LogP contribution is 2.24. The van der Waals surface area contributed by atoms with Crippen LogP contribution < -0.4 is 0 Å². The second-order valence-electron chi connectivity index (χ2n) is 3.85. The Morgan fingerprint density at radius 1 is 1.53 bits per heavy atom. The van der Waals surface area contributed by atoms with Gasteiger partial charge in [0, 0.05) is 29.5 Å². The third-order valence-electron chi connectivity index (χ3n) is 2.62. The minimum Gasteiger partial charge on any atom is -0.339 e. The van der Waals surface area contributed by atoms with Crippen LogP contribution in [-0.4, -0.2) is 34.2 Å². The molecule has 5 nitrogen and oxygen atoms in total. The molecule has 0 N–H and O–H groups in total. The Morgan fingerprint density at radius 3 is 2.74 bits per heavy atom. The zero-order valence-electron chi connectivity index (χ0n) is 10.4. The first-order valence-electron chi connectivity index (χ1n) is 5.80. The standard InChI is InChI=1S/C12H14BrClN2O3/c1-2-15(7-3-6-13)12(17)10-8-9(14)4-5-11(10)16(18)19/h4-5,8H,2-3,6-7H2,1H3. The summed E-state index contributed by atoms with van der Waals surface area (Å²) in [6.45, 7) is 2.88. The summed E-state index contributed by atoms with van der Waals surface area (Å²) < 4.78 is 0. The molecule has 1 aromatic carbocycles. The minimum absolute atomic E-state index is 0.0360. The maximum Gasteiger partial charge on any atom is 0.282 e. The van der Waals surface area contributed by atoms with Crippen molar-refractivity contribution in [3.8, 4) is 0 Å². The second-order valence-corrected chi connectivity index (χ2v) is 5.08. The molecule has 0 bridgehead atoms. The van der Waals surface area contributed by atoms with E-state index in [9.17, 15) is 14.9 Å². The van der Waals surface area contributed by atoms with Crippen molar-refractivity contribution in [2.75, 3.05) is 18.4 Å². The average Bonchev–Trinajstić information content (AvgIpc) is 2.38. The molecule has 0 saturated heterocycles. The van der Waals surface area contributed by atoms with Gasteiger partial charge in [-0.15, -0.1) is 0 Å². The number of amides is 1. The molecule has 0 heterocycles. The quantitative estimate of drug-likeness (QED) is 0.448. The van der Waals surface area contributed by atoms with Crippen LogP contribution in [0.4, 0.5) is 5.69 Å². The molecule has 1 amide bonds. The molecule has 0 saturated carbocycles. The smallest absolute Gasteiger partial charge is 0.282 e. The van der Waals surface area contributed by atoms with Gasteiger partial charge in [0.15, 0.2) is 0 Å². The monoisotopic (exact) mass is 348 g/mol. The van der Waals surface area contributed by atoms with Crippen molar-refractivity contribution in [2.45, 2.75) is 13.3 Å². The van der Waals surface area contributed by atoms with Crippen molar-refractivity contribution in [1.82, 2.24) is 4.90 Å². The van der Waals surface area contributed by atoms with Gasteiger partial charge in [0.05, 0.1) is 4.92 Å². The van der Waals surface area contributed by atoms with Crippen LogP contribution >= 0.6 is 27.5 Å². The minimum atomic E-state index is -0.568. The summed E-state index contributed by atoms with van der Waals surface area (Å²) in [4.78, 5) is 24.3. The number of nitro benzene ring substituents is 1. The van der Waals surface area contributed by atoms with Crippen LogP contribution in [0.3, 0.4) is 0 Å². The van der Waals surface area contributed by atoms with E-state index in [1.54, 1.807) is 4.90 Å². The SMILES string of the molecule is CCN(CCCBr)C(=O)c1cc(Cl)ccc1[N+](=O)[O-]. The Bertz CT molecular complexity index is 482. The number of halogens is 2. The highest BCUT2D eigenvalue weighted by atomic mass is 79.9. The van der Waals surface area contributed by atoms with E-state index in [0.717, 1.165) is 11.8 Å². The lowest BCUT2D eigenvalue weighted by Crippen LogP contribution is -2.32. The van der Waals surface area contributed by atoms with Crippen molar-refractivity contribution < 1.29 is 9.72 Å². The van der Waals surface area contributed by atoms with Gasteiger partial charge in [0.2, 0.25) is 0 Å². The Kier molecular flexibility index (Phi) is 6.24. The van der Waals surface area contributed by atoms with E-state index >= 15 is 0 Å². The molecule has 0 aromatic heterocycles. The van der Waals surface area contributed by atoms with E-state index in [1.807, 2.05) is 6.92 Å². The first-order chi connectivity index (χ1) is 9.01. The van der Waals surface area contributed by atoms with Crippen LogP contribution in [-0.2, 0) is 0 Å². The lowest BCUT2D eigenvalue weighted by molar-refractivity contribution is -0.385. The van der Waals surface area contributed by atoms with Crippen molar-refractivity contribution in [3.63, 3.8) is 0 Å². The fourth-order valence-electron chi connectivity index (χ4n) is 1.66. The van der Waals surface area contributed by atoms with E-state index in [2.05, 4.69) is 15.9 Å². The summed E-state index contributed by atoms with van der Waals surface area (Å²) >= 11 is 9.11. The molecule has 1 rings (SSSR count). The van der Waals surface area contributed by atoms with Gasteiger partial charge < -0.3 is 4.90 Å². The van der Waals surface area contributed by atoms with Crippen molar-refractivity contribution in [1.29, 1.82) is 0 Å². The van der Waals surface area contributed by atoms with Gasteiger partial charge in [-0.1, -0.05) is 27.5 Å². The molecular formula is C12H14BrClN2O3. The third kappa shape index (κ3) is 4.18. The Labute approximate surface area is 124 Å². The number of benzene rings is 1. The van der Waals surface area contributed by atoms with Gasteiger partial charge in [-0.2, -0.15) is 0 Å². The van der Waals surface area contributed by atoms with Crippen molar-refractivity contribution in [3.05, 3.63) is 38.9 Å². The Morgan fingerprint density at radius 2 is 2.21 bits per heavy atom. The molecule has 0 spiro atoms. The van der Waals surface area contributed by atoms with Crippen LogP contribution in [0.25, 0.3) is 0 Å². The predicted octanol–water partition coefficient (Wildman–Crippen LogP) is 3.50. The maximum atomic E-state index is 12.3.